The molecule has 5 nitrogen and oxygen atoms in total. The van der Waals surface area contributed by atoms with E-state index >= 15 is 0 Å². The van der Waals surface area contributed by atoms with Crippen LogP contribution in [0.25, 0.3) is 11.3 Å². The maximum atomic E-state index is 11.0. The minimum absolute atomic E-state index is 0.172. The van der Waals surface area contributed by atoms with Crippen LogP contribution in [0.5, 0.6) is 0 Å². The highest BCUT2D eigenvalue weighted by Crippen LogP contribution is 2.30. The molecule has 0 spiro atoms. The minimum Gasteiger partial charge on any atom is -0.478 e. The molecule has 1 aromatic heterocycles. The van der Waals surface area contributed by atoms with E-state index in [-0.39, 0.29) is 5.56 Å². The van der Waals surface area contributed by atoms with Gasteiger partial charge in [0.2, 0.25) is 0 Å². The molecule has 1 aromatic carbocycles. The third kappa shape index (κ3) is 4.07. The van der Waals surface area contributed by atoms with Crippen LogP contribution in [-0.2, 0) is 11.3 Å². The lowest BCUT2D eigenvalue weighted by atomic mass is 10.1. The molecule has 0 radical (unpaired) electrons. The highest BCUT2D eigenvalue weighted by Gasteiger charge is 2.12. The van der Waals surface area contributed by atoms with E-state index in [0.717, 1.165) is 12.3 Å². The van der Waals surface area contributed by atoms with Crippen LogP contribution in [0.4, 0.5) is 0 Å². The zero-order chi connectivity index (χ0) is 15.2. The summed E-state index contributed by atoms with van der Waals surface area (Å²) in [6, 6.07) is 8.13. The fraction of sp³-hybridized carbons (Fsp3) is 0.267. The molecular weight excluding hydrogens is 294 g/mol. The highest BCUT2D eigenvalue weighted by atomic mass is 35.5. The van der Waals surface area contributed by atoms with E-state index in [1.807, 2.05) is 6.07 Å². The molecule has 0 saturated carbocycles. The van der Waals surface area contributed by atoms with Crippen molar-refractivity contribution < 1.29 is 19.1 Å². The number of carboxylic acid groups (broad SMARTS) is 1. The Balaban J connectivity index is 2.13. The van der Waals surface area contributed by atoms with Gasteiger partial charge in [-0.1, -0.05) is 11.6 Å². The number of carbonyl (C=O) groups is 1. The first-order chi connectivity index (χ1) is 10.1. The maximum Gasteiger partial charge on any atom is 0.335 e. The zero-order valence-electron chi connectivity index (χ0n) is 11.6. The lowest BCUT2D eigenvalue weighted by Crippen LogP contribution is -2.18. The van der Waals surface area contributed by atoms with E-state index in [1.54, 1.807) is 19.2 Å². The van der Waals surface area contributed by atoms with Crippen molar-refractivity contribution in [3.8, 4) is 11.3 Å². The van der Waals surface area contributed by atoms with Crippen LogP contribution in [0.3, 0.4) is 0 Å². The number of rotatable bonds is 7. The Morgan fingerprint density at radius 2 is 2.19 bits per heavy atom. The first kappa shape index (κ1) is 15.6. The molecular formula is C15H16ClNO4. The zero-order valence-corrected chi connectivity index (χ0v) is 12.3. The van der Waals surface area contributed by atoms with Crippen LogP contribution >= 0.6 is 11.6 Å². The molecule has 0 fully saturated rings. The van der Waals surface area contributed by atoms with Crippen LogP contribution in [0.2, 0.25) is 5.02 Å². The number of ether oxygens (including phenoxy) is 1. The summed E-state index contributed by atoms with van der Waals surface area (Å²) in [5.74, 6) is 0.297. The monoisotopic (exact) mass is 309 g/mol. The summed E-state index contributed by atoms with van der Waals surface area (Å²) in [6.45, 7) is 1.92. The molecule has 0 amide bonds. The van der Waals surface area contributed by atoms with Crippen LogP contribution in [0, 0.1) is 0 Å². The van der Waals surface area contributed by atoms with Crippen molar-refractivity contribution in [2.75, 3.05) is 20.3 Å². The molecule has 112 valence electrons. The number of methoxy groups -OCH3 is 1. The van der Waals surface area contributed by atoms with Gasteiger partial charge in [0.05, 0.1) is 23.7 Å². The molecule has 2 rings (SSSR count). The van der Waals surface area contributed by atoms with Gasteiger partial charge in [-0.05, 0) is 30.3 Å². The van der Waals surface area contributed by atoms with Gasteiger partial charge in [-0.2, -0.15) is 0 Å². The molecule has 0 aliphatic carbocycles. The van der Waals surface area contributed by atoms with Gasteiger partial charge >= 0.3 is 5.97 Å². The summed E-state index contributed by atoms with van der Waals surface area (Å²) in [4.78, 5) is 11.0. The first-order valence-corrected chi connectivity index (χ1v) is 6.81. The third-order valence-corrected chi connectivity index (χ3v) is 3.25. The van der Waals surface area contributed by atoms with Gasteiger partial charge in [-0.15, -0.1) is 0 Å². The normalized spacial score (nSPS) is 10.8. The lowest BCUT2D eigenvalue weighted by Gasteiger charge is -2.04. The van der Waals surface area contributed by atoms with Gasteiger partial charge < -0.3 is 19.6 Å². The molecule has 1 heterocycles. The Morgan fingerprint density at radius 3 is 2.90 bits per heavy atom. The number of hydrogen-bond acceptors (Lipinski definition) is 4. The molecule has 21 heavy (non-hydrogen) atoms. The van der Waals surface area contributed by atoms with Gasteiger partial charge in [-0.25, -0.2) is 4.79 Å². The van der Waals surface area contributed by atoms with Crippen molar-refractivity contribution >= 4 is 17.6 Å². The second-order valence-electron chi connectivity index (χ2n) is 4.44. The maximum absolute atomic E-state index is 11.0. The van der Waals surface area contributed by atoms with Crippen molar-refractivity contribution in [3.05, 3.63) is 46.7 Å². The number of carboxylic acids is 1. The first-order valence-electron chi connectivity index (χ1n) is 6.43. The Morgan fingerprint density at radius 1 is 1.38 bits per heavy atom. The van der Waals surface area contributed by atoms with E-state index in [0.29, 0.717) is 29.5 Å². The van der Waals surface area contributed by atoms with E-state index in [1.165, 1.54) is 12.1 Å². The molecule has 0 unspecified atom stereocenters. The van der Waals surface area contributed by atoms with E-state index < -0.39 is 5.97 Å². The number of furan rings is 1. The quantitative estimate of drug-likeness (QED) is 0.769. The fourth-order valence-electron chi connectivity index (χ4n) is 1.85. The molecule has 0 bridgehead atoms. The Labute approximate surface area is 127 Å². The summed E-state index contributed by atoms with van der Waals surface area (Å²) in [5.41, 5.74) is 0.741. The molecule has 6 heteroatoms. The minimum atomic E-state index is -0.999. The third-order valence-electron chi connectivity index (χ3n) is 2.92. The van der Waals surface area contributed by atoms with Gasteiger partial charge in [0.15, 0.2) is 0 Å². The van der Waals surface area contributed by atoms with Crippen LogP contribution in [0.1, 0.15) is 16.1 Å². The summed E-state index contributed by atoms with van der Waals surface area (Å²) >= 11 is 6.11. The summed E-state index contributed by atoms with van der Waals surface area (Å²) in [7, 11) is 1.64. The van der Waals surface area contributed by atoms with Gasteiger partial charge in [0.1, 0.15) is 11.5 Å². The average molecular weight is 310 g/mol. The number of benzene rings is 1. The van der Waals surface area contributed by atoms with E-state index in [2.05, 4.69) is 5.32 Å². The predicted molar refractivity (Wildman–Crippen MR) is 79.7 cm³/mol. The lowest BCUT2D eigenvalue weighted by molar-refractivity contribution is 0.0697. The molecule has 0 atom stereocenters. The van der Waals surface area contributed by atoms with Gasteiger partial charge in [0, 0.05) is 19.2 Å². The Hall–Kier alpha value is -1.82. The Kier molecular flexibility index (Phi) is 5.38. The van der Waals surface area contributed by atoms with Crippen LogP contribution < -0.4 is 5.32 Å². The standard InChI is InChI=1S/C15H16ClNO4/c1-20-7-6-17-9-11-3-5-14(21-11)12-8-10(15(18)19)2-4-13(12)16/h2-5,8,17H,6-7,9H2,1H3,(H,18,19). The number of halogens is 1. The summed E-state index contributed by atoms with van der Waals surface area (Å²) in [5, 5.41) is 12.6. The summed E-state index contributed by atoms with van der Waals surface area (Å²) < 4.78 is 10.6. The van der Waals surface area contributed by atoms with Crippen LogP contribution in [-0.4, -0.2) is 31.3 Å². The second-order valence-corrected chi connectivity index (χ2v) is 4.84. The number of aromatic carboxylic acids is 1. The predicted octanol–water partition coefficient (Wildman–Crippen LogP) is 3.03. The number of nitrogens with one attached hydrogen (secondary N) is 1. The molecule has 0 aliphatic rings. The molecule has 2 N–H and O–H groups in total. The van der Waals surface area contributed by atoms with Crippen molar-refractivity contribution in [2.24, 2.45) is 0 Å². The molecule has 2 aromatic rings. The molecule has 0 saturated heterocycles. The van der Waals surface area contributed by atoms with Gasteiger partial charge in [0.25, 0.3) is 0 Å². The number of hydrogen-bond donors (Lipinski definition) is 2. The fourth-order valence-corrected chi connectivity index (χ4v) is 2.06. The van der Waals surface area contributed by atoms with E-state index in [9.17, 15) is 4.79 Å². The van der Waals surface area contributed by atoms with Gasteiger partial charge in [-0.3, -0.25) is 0 Å². The second kappa shape index (κ2) is 7.26. The smallest absolute Gasteiger partial charge is 0.335 e. The van der Waals surface area contributed by atoms with Crippen molar-refractivity contribution in [2.45, 2.75) is 6.54 Å². The molecule has 0 aliphatic heterocycles. The SMILES string of the molecule is COCCNCc1ccc(-c2cc(C(=O)O)ccc2Cl)o1. The average Bonchev–Trinajstić information content (AvgIpc) is 2.92. The van der Waals surface area contributed by atoms with Crippen molar-refractivity contribution in [3.63, 3.8) is 0 Å². The topological polar surface area (TPSA) is 71.7 Å². The highest BCUT2D eigenvalue weighted by molar-refractivity contribution is 6.33. The van der Waals surface area contributed by atoms with Crippen molar-refractivity contribution in [1.29, 1.82) is 0 Å². The van der Waals surface area contributed by atoms with Crippen LogP contribution in [0.15, 0.2) is 34.7 Å². The Bertz CT molecular complexity index is 624. The largest absolute Gasteiger partial charge is 0.478 e. The van der Waals surface area contributed by atoms with Crippen molar-refractivity contribution in [1.82, 2.24) is 5.32 Å². The summed E-state index contributed by atoms with van der Waals surface area (Å²) in [6.07, 6.45) is 0. The van der Waals surface area contributed by atoms with E-state index in [4.69, 9.17) is 25.9 Å².